The molecule has 100 valence electrons. The zero-order valence-electron chi connectivity index (χ0n) is 10.4. The van der Waals surface area contributed by atoms with Crippen molar-refractivity contribution >= 4 is 38.3 Å². The number of anilines is 1. The molecule has 0 aliphatic carbocycles. The first-order valence-electron chi connectivity index (χ1n) is 5.57. The third-order valence-electron chi connectivity index (χ3n) is 2.24. The van der Waals surface area contributed by atoms with Gasteiger partial charge >= 0.3 is 0 Å². The fourth-order valence-corrected chi connectivity index (χ4v) is 2.64. The van der Waals surface area contributed by atoms with Crippen LogP contribution in [0.2, 0.25) is 0 Å². The maximum atomic E-state index is 11.7. The van der Waals surface area contributed by atoms with Crippen LogP contribution in [0.25, 0.3) is 0 Å². The Balaban J connectivity index is 2.39. The van der Waals surface area contributed by atoms with Gasteiger partial charge in [0.25, 0.3) is 0 Å². The van der Waals surface area contributed by atoms with E-state index in [1.165, 1.54) is 0 Å². The molecule has 1 aromatic carbocycles. The first kappa shape index (κ1) is 15.3. The van der Waals surface area contributed by atoms with Crippen LogP contribution in [0, 0.1) is 0 Å². The van der Waals surface area contributed by atoms with E-state index in [4.69, 9.17) is 0 Å². The van der Waals surface area contributed by atoms with Crippen LogP contribution in [0.1, 0.15) is 6.92 Å². The lowest BCUT2D eigenvalue weighted by Gasteiger charge is -2.12. The third kappa shape index (κ3) is 5.75. The minimum atomic E-state index is -0.854. The summed E-state index contributed by atoms with van der Waals surface area (Å²) >= 11 is 3.36. The van der Waals surface area contributed by atoms with E-state index in [9.17, 15) is 9.00 Å². The average molecular weight is 333 g/mol. The Hall–Kier alpha value is -0.720. The second kappa shape index (κ2) is 7.66. The van der Waals surface area contributed by atoms with E-state index in [0.717, 1.165) is 10.2 Å². The highest BCUT2D eigenvalue weighted by molar-refractivity contribution is 9.10. The molecule has 0 radical (unpaired) electrons. The van der Waals surface area contributed by atoms with Gasteiger partial charge in [0.05, 0.1) is 12.2 Å². The number of halogens is 1. The summed E-state index contributed by atoms with van der Waals surface area (Å²) < 4.78 is 11.8. The predicted octanol–water partition coefficient (Wildman–Crippen LogP) is 1.74. The third-order valence-corrected chi connectivity index (χ3v) is 3.90. The molecule has 0 heterocycles. The minimum absolute atomic E-state index is 0.0563. The van der Waals surface area contributed by atoms with Crippen LogP contribution in [0.4, 0.5) is 5.69 Å². The van der Waals surface area contributed by atoms with Gasteiger partial charge in [0.1, 0.15) is 0 Å². The van der Waals surface area contributed by atoms with Crippen LogP contribution >= 0.6 is 15.9 Å². The van der Waals surface area contributed by atoms with Crippen molar-refractivity contribution in [3.05, 3.63) is 28.7 Å². The van der Waals surface area contributed by atoms with Gasteiger partial charge in [-0.2, -0.15) is 0 Å². The molecule has 0 saturated carbocycles. The SMILES string of the molecule is CC(CS(C)=O)NCC(=O)Nc1ccccc1Br. The van der Waals surface area contributed by atoms with E-state index in [-0.39, 0.29) is 18.5 Å². The lowest BCUT2D eigenvalue weighted by molar-refractivity contribution is -0.115. The number of rotatable bonds is 6. The van der Waals surface area contributed by atoms with Crippen LogP contribution in [0.15, 0.2) is 28.7 Å². The molecule has 6 heteroatoms. The topological polar surface area (TPSA) is 58.2 Å². The lowest BCUT2D eigenvalue weighted by atomic mass is 10.3. The highest BCUT2D eigenvalue weighted by Gasteiger charge is 2.08. The van der Waals surface area contributed by atoms with E-state index in [1.807, 2.05) is 31.2 Å². The summed E-state index contributed by atoms with van der Waals surface area (Å²) in [5.74, 6) is 0.429. The maximum absolute atomic E-state index is 11.7. The van der Waals surface area contributed by atoms with Crippen LogP contribution < -0.4 is 10.6 Å². The summed E-state index contributed by atoms with van der Waals surface area (Å²) in [7, 11) is -0.854. The van der Waals surface area contributed by atoms with Crippen molar-refractivity contribution in [2.45, 2.75) is 13.0 Å². The molecule has 2 unspecified atom stereocenters. The zero-order valence-corrected chi connectivity index (χ0v) is 12.8. The fourth-order valence-electron chi connectivity index (χ4n) is 1.43. The van der Waals surface area contributed by atoms with Crippen LogP contribution in [-0.2, 0) is 15.6 Å². The summed E-state index contributed by atoms with van der Waals surface area (Å²) in [5, 5.41) is 5.83. The van der Waals surface area contributed by atoms with Crippen molar-refractivity contribution in [3.63, 3.8) is 0 Å². The van der Waals surface area contributed by atoms with Crippen molar-refractivity contribution in [2.75, 3.05) is 23.9 Å². The smallest absolute Gasteiger partial charge is 0.238 e. The molecular weight excluding hydrogens is 316 g/mol. The van der Waals surface area contributed by atoms with Crippen molar-refractivity contribution in [3.8, 4) is 0 Å². The molecule has 0 aliphatic heterocycles. The predicted molar refractivity (Wildman–Crippen MR) is 79.2 cm³/mol. The fraction of sp³-hybridized carbons (Fsp3) is 0.417. The van der Waals surface area contributed by atoms with Crippen LogP contribution in [0.5, 0.6) is 0 Å². The number of nitrogens with one attached hydrogen (secondary N) is 2. The Kier molecular flexibility index (Phi) is 6.52. The van der Waals surface area contributed by atoms with Gasteiger partial charge in [-0.05, 0) is 35.0 Å². The van der Waals surface area contributed by atoms with Gasteiger partial charge < -0.3 is 10.6 Å². The first-order chi connectivity index (χ1) is 8.49. The summed E-state index contributed by atoms with van der Waals surface area (Å²) in [4.78, 5) is 11.7. The van der Waals surface area contributed by atoms with Gasteiger partial charge in [-0.1, -0.05) is 12.1 Å². The van der Waals surface area contributed by atoms with Gasteiger partial charge in [-0.3, -0.25) is 9.00 Å². The number of hydrogen-bond donors (Lipinski definition) is 2. The summed E-state index contributed by atoms with van der Waals surface area (Å²) in [5.41, 5.74) is 0.746. The Bertz CT molecular complexity index is 440. The van der Waals surface area contributed by atoms with Crippen molar-refractivity contribution in [1.29, 1.82) is 0 Å². The summed E-state index contributed by atoms with van der Waals surface area (Å²) in [6.07, 6.45) is 1.65. The second-order valence-corrected chi connectivity index (χ2v) is 6.38. The largest absolute Gasteiger partial charge is 0.324 e. The number of hydrogen-bond acceptors (Lipinski definition) is 3. The van der Waals surface area contributed by atoms with Gasteiger partial charge in [0.2, 0.25) is 5.91 Å². The molecule has 0 spiro atoms. The van der Waals surface area contributed by atoms with Crippen LogP contribution in [0.3, 0.4) is 0 Å². The molecule has 0 aliphatic rings. The van der Waals surface area contributed by atoms with Crippen molar-refractivity contribution in [1.82, 2.24) is 5.32 Å². The number of carbonyl (C=O) groups excluding carboxylic acids is 1. The number of para-hydroxylation sites is 1. The second-order valence-electron chi connectivity index (χ2n) is 4.05. The maximum Gasteiger partial charge on any atom is 0.238 e. The molecule has 2 N–H and O–H groups in total. The molecule has 0 aromatic heterocycles. The van der Waals surface area contributed by atoms with E-state index >= 15 is 0 Å². The van der Waals surface area contributed by atoms with Gasteiger partial charge in [0.15, 0.2) is 0 Å². The van der Waals surface area contributed by atoms with E-state index in [0.29, 0.717) is 5.75 Å². The minimum Gasteiger partial charge on any atom is -0.324 e. The number of carbonyl (C=O) groups is 1. The van der Waals surface area contributed by atoms with Gasteiger partial charge in [0, 0.05) is 33.3 Å². The standard InChI is InChI=1S/C12H17BrN2O2S/c1-9(8-18(2)17)14-7-12(16)15-11-6-4-3-5-10(11)13/h3-6,9,14H,7-8H2,1-2H3,(H,15,16). The zero-order chi connectivity index (χ0) is 13.5. The Morgan fingerprint density at radius 2 is 2.11 bits per heavy atom. The Morgan fingerprint density at radius 3 is 2.72 bits per heavy atom. The molecule has 18 heavy (non-hydrogen) atoms. The van der Waals surface area contributed by atoms with Crippen molar-refractivity contribution in [2.24, 2.45) is 0 Å². The Labute approximate surface area is 118 Å². The van der Waals surface area contributed by atoms with Crippen molar-refractivity contribution < 1.29 is 9.00 Å². The van der Waals surface area contributed by atoms with E-state index < -0.39 is 10.8 Å². The Morgan fingerprint density at radius 1 is 1.44 bits per heavy atom. The molecule has 4 nitrogen and oxygen atoms in total. The highest BCUT2D eigenvalue weighted by Crippen LogP contribution is 2.20. The molecular formula is C12H17BrN2O2S. The van der Waals surface area contributed by atoms with Crippen LogP contribution in [-0.4, -0.2) is 34.7 Å². The molecule has 1 aromatic rings. The molecule has 1 rings (SSSR count). The molecule has 0 fully saturated rings. The normalized spacial score (nSPS) is 13.9. The molecule has 0 saturated heterocycles. The van der Waals surface area contributed by atoms with Gasteiger partial charge in [-0.15, -0.1) is 0 Å². The quantitative estimate of drug-likeness (QED) is 0.834. The van der Waals surface area contributed by atoms with E-state index in [1.54, 1.807) is 6.26 Å². The molecule has 0 bridgehead atoms. The monoisotopic (exact) mass is 332 g/mol. The lowest BCUT2D eigenvalue weighted by Crippen LogP contribution is -2.37. The first-order valence-corrected chi connectivity index (χ1v) is 8.09. The van der Waals surface area contributed by atoms with Gasteiger partial charge in [-0.25, -0.2) is 0 Å². The average Bonchev–Trinajstić information content (AvgIpc) is 2.29. The molecule has 2 atom stereocenters. The highest BCUT2D eigenvalue weighted by atomic mass is 79.9. The summed E-state index contributed by atoms with van der Waals surface area (Å²) in [6.45, 7) is 2.12. The molecule has 1 amide bonds. The van der Waals surface area contributed by atoms with E-state index in [2.05, 4.69) is 26.6 Å². The summed E-state index contributed by atoms with van der Waals surface area (Å²) in [6, 6.07) is 7.49. The number of amides is 1. The number of benzene rings is 1.